The van der Waals surface area contributed by atoms with Gasteiger partial charge in [0, 0.05) is 26.2 Å². The topological polar surface area (TPSA) is 57.7 Å². The van der Waals surface area contributed by atoms with Gasteiger partial charge in [-0.25, -0.2) is 8.42 Å². The number of allylic oxidation sites excluding steroid dienone is 1. The fourth-order valence-corrected chi connectivity index (χ4v) is 4.77. The Labute approximate surface area is 140 Å². The van der Waals surface area contributed by atoms with Crippen molar-refractivity contribution in [3.63, 3.8) is 0 Å². The highest BCUT2D eigenvalue weighted by atomic mass is 35.5. The van der Waals surface area contributed by atoms with Crippen LogP contribution in [0.15, 0.2) is 35.2 Å². The second-order valence-electron chi connectivity index (χ2n) is 4.78. The van der Waals surface area contributed by atoms with Crippen LogP contribution in [-0.2, 0) is 14.8 Å². The van der Waals surface area contributed by atoms with Crippen molar-refractivity contribution in [2.24, 2.45) is 0 Å². The molecule has 22 heavy (non-hydrogen) atoms. The van der Waals surface area contributed by atoms with E-state index in [0.717, 1.165) is 0 Å². The molecule has 5 nitrogen and oxygen atoms in total. The number of sulfonamides is 1. The van der Waals surface area contributed by atoms with E-state index >= 15 is 0 Å². The number of carbonyl (C=O) groups excluding carboxylic acids is 1. The van der Waals surface area contributed by atoms with Crippen LogP contribution in [0.25, 0.3) is 0 Å². The summed E-state index contributed by atoms with van der Waals surface area (Å²) in [5.41, 5.74) is 0. The van der Waals surface area contributed by atoms with Crippen LogP contribution in [0.1, 0.15) is 6.92 Å². The van der Waals surface area contributed by atoms with Gasteiger partial charge < -0.3 is 4.90 Å². The number of benzene rings is 1. The quantitative estimate of drug-likeness (QED) is 0.775. The molecule has 2 rings (SSSR count). The lowest BCUT2D eigenvalue weighted by atomic mass is 10.3. The lowest BCUT2D eigenvalue weighted by Gasteiger charge is -2.33. The van der Waals surface area contributed by atoms with Crippen molar-refractivity contribution in [2.75, 3.05) is 26.2 Å². The molecule has 120 valence electrons. The summed E-state index contributed by atoms with van der Waals surface area (Å²) in [6, 6.07) is 4.58. The maximum Gasteiger partial charge on any atom is 0.246 e. The van der Waals surface area contributed by atoms with Gasteiger partial charge in [-0.05, 0) is 25.1 Å². The van der Waals surface area contributed by atoms with E-state index in [1.54, 1.807) is 24.0 Å². The summed E-state index contributed by atoms with van der Waals surface area (Å²) in [4.78, 5) is 13.3. The Kier molecular flexibility index (Phi) is 5.50. The lowest BCUT2D eigenvalue weighted by Crippen LogP contribution is -2.50. The molecule has 0 spiro atoms. The van der Waals surface area contributed by atoms with Gasteiger partial charge in [0.2, 0.25) is 15.9 Å². The minimum absolute atomic E-state index is 0.0773. The molecule has 0 bridgehead atoms. The Hall–Kier alpha value is -1.08. The van der Waals surface area contributed by atoms with E-state index in [4.69, 9.17) is 23.2 Å². The van der Waals surface area contributed by atoms with Gasteiger partial charge in [-0.3, -0.25) is 4.79 Å². The predicted molar refractivity (Wildman–Crippen MR) is 86.6 cm³/mol. The van der Waals surface area contributed by atoms with Gasteiger partial charge in [0.15, 0.2) is 0 Å². The molecule has 1 aromatic carbocycles. The van der Waals surface area contributed by atoms with Crippen molar-refractivity contribution in [3.8, 4) is 0 Å². The molecule has 1 amide bonds. The molecule has 1 aromatic rings. The molecule has 1 aliphatic rings. The van der Waals surface area contributed by atoms with Crippen molar-refractivity contribution < 1.29 is 13.2 Å². The molecule has 0 aliphatic carbocycles. The van der Waals surface area contributed by atoms with Crippen molar-refractivity contribution >= 4 is 39.1 Å². The van der Waals surface area contributed by atoms with Crippen LogP contribution < -0.4 is 0 Å². The molecule has 0 unspecified atom stereocenters. The largest absolute Gasteiger partial charge is 0.337 e. The van der Waals surface area contributed by atoms with E-state index in [9.17, 15) is 13.2 Å². The predicted octanol–water partition coefficient (Wildman–Crippen LogP) is 2.40. The first-order valence-electron chi connectivity index (χ1n) is 6.73. The molecule has 1 heterocycles. The van der Waals surface area contributed by atoms with Crippen LogP contribution >= 0.6 is 23.2 Å². The first kappa shape index (κ1) is 17.3. The van der Waals surface area contributed by atoms with Gasteiger partial charge in [-0.15, -0.1) is 0 Å². The summed E-state index contributed by atoms with van der Waals surface area (Å²) >= 11 is 12.0. The summed E-state index contributed by atoms with van der Waals surface area (Å²) in [6.45, 7) is 2.87. The maximum atomic E-state index is 12.7. The van der Waals surface area contributed by atoms with Crippen molar-refractivity contribution in [1.29, 1.82) is 0 Å². The molecule has 8 heteroatoms. The third-order valence-electron chi connectivity index (χ3n) is 3.38. The van der Waals surface area contributed by atoms with E-state index in [-0.39, 0.29) is 33.9 Å². The van der Waals surface area contributed by atoms with Crippen LogP contribution in [0.4, 0.5) is 0 Å². The molecule has 0 radical (unpaired) electrons. The molecular formula is C14H16Cl2N2O3S. The van der Waals surface area contributed by atoms with E-state index in [1.165, 1.54) is 22.5 Å². The molecule has 0 N–H and O–H groups in total. The Morgan fingerprint density at radius 1 is 1.14 bits per heavy atom. The summed E-state index contributed by atoms with van der Waals surface area (Å²) in [7, 11) is -3.77. The smallest absolute Gasteiger partial charge is 0.246 e. The highest BCUT2D eigenvalue weighted by Crippen LogP contribution is 2.31. The number of hydrogen-bond donors (Lipinski definition) is 0. The Bertz CT molecular complexity index is 676. The SMILES string of the molecule is C/C=C/C(=O)N1CCN(S(=O)(=O)c2c(Cl)cccc2Cl)CC1. The normalized spacial score (nSPS) is 17.1. The van der Waals surface area contributed by atoms with Crippen LogP contribution in [0, 0.1) is 0 Å². The maximum absolute atomic E-state index is 12.7. The van der Waals surface area contributed by atoms with Gasteiger partial charge in [-0.1, -0.05) is 35.3 Å². The number of nitrogens with zero attached hydrogens (tertiary/aromatic N) is 2. The van der Waals surface area contributed by atoms with Crippen molar-refractivity contribution in [3.05, 3.63) is 40.4 Å². The van der Waals surface area contributed by atoms with E-state index < -0.39 is 10.0 Å². The number of piperazine rings is 1. The fourth-order valence-electron chi connectivity index (χ4n) is 2.25. The fraction of sp³-hybridized carbons (Fsp3) is 0.357. The number of rotatable bonds is 3. The Balaban J connectivity index is 2.18. The zero-order valence-electron chi connectivity index (χ0n) is 12.0. The summed E-state index contributed by atoms with van der Waals surface area (Å²) in [5.74, 6) is -0.115. The molecule has 1 fully saturated rings. The number of hydrogen-bond acceptors (Lipinski definition) is 3. The Morgan fingerprint density at radius 3 is 2.18 bits per heavy atom. The van der Waals surface area contributed by atoms with Gasteiger partial charge >= 0.3 is 0 Å². The van der Waals surface area contributed by atoms with Crippen molar-refractivity contribution in [1.82, 2.24) is 9.21 Å². The average Bonchev–Trinajstić information content (AvgIpc) is 2.47. The van der Waals surface area contributed by atoms with Gasteiger partial charge in [0.25, 0.3) is 0 Å². The molecule has 1 aliphatic heterocycles. The van der Waals surface area contributed by atoms with Gasteiger partial charge in [0.1, 0.15) is 4.90 Å². The minimum Gasteiger partial charge on any atom is -0.337 e. The number of amides is 1. The summed E-state index contributed by atoms with van der Waals surface area (Å²) in [6.07, 6.45) is 3.13. The van der Waals surface area contributed by atoms with Crippen LogP contribution in [0.2, 0.25) is 10.0 Å². The summed E-state index contributed by atoms with van der Waals surface area (Å²) < 4.78 is 26.6. The highest BCUT2D eigenvalue weighted by Gasteiger charge is 2.32. The molecule has 0 saturated carbocycles. The second-order valence-corrected chi connectivity index (χ2v) is 7.47. The first-order valence-corrected chi connectivity index (χ1v) is 8.93. The Morgan fingerprint density at radius 2 is 1.68 bits per heavy atom. The molecule has 0 aromatic heterocycles. The second kappa shape index (κ2) is 7.00. The number of carbonyl (C=O) groups is 1. The van der Waals surface area contributed by atoms with Crippen LogP contribution in [0.5, 0.6) is 0 Å². The lowest BCUT2D eigenvalue weighted by molar-refractivity contribution is -0.127. The van der Waals surface area contributed by atoms with Crippen molar-refractivity contribution in [2.45, 2.75) is 11.8 Å². The standard InChI is InChI=1S/C14H16Cl2N2O3S/c1-2-4-13(19)17-7-9-18(10-8-17)22(20,21)14-11(15)5-3-6-12(14)16/h2-6H,7-10H2,1H3/b4-2+. The van der Waals surface area contributed by atoms with E-state index in [1.807, 2.05) is 0 Å². The monoisotopic (exact) mass is 362 g/mol. The van der Waals surface area contributed by atoms with E-state index in [2.05, 4.69) is 0 Å². The third kappa shape index (κ3) is 3.46. The van der Waals surface area contributed by atoms with Gasteiger partial charge in [0.05, 0.1) is 10.0 Å². The number of halogens is 2. The molecular weight excluding hydrogens is 347 g/mol. The van der Waals surface area contributed by atoms with E-state index in [0.29, 0.717) is 13.1 Å². The first-order chi connectivity index (χ1) is 10.4. The zero-order chi connectivity index (χ0) is 16.3. The average molecular weight is 363 g/mol. The van der Waals surface area contributed by atoms with Gasteiger partial charge in [-0.2, -0.15) is 4.31 Å². The zero-order valence-corrected chi connectivity index (χ0v) is 14.3. The highest BCUT2D eigenvalue weighted by molar-refractivity contribution is 7.89. The molecule has 0 atom stereocenters. The third-order valence-corrected chi connectivity index (χ3v) is 6.23. The van der Waals surface area contributed by atoms with Crippen LogP contribution in [-0.4, -0.2) is 49.7 Å². The summed E-state index contributed by atoms with van der Waals surface area (Å²) in [5, 5.41) is 0.194. The minimum atomic E-state index is -3.77. The van der Waals surface area contributed by atoms with Crippen LogP contribution in [0.3, 0.4) is 0 Å². The molecule has 1 saturated heterocycles.